The highest BCUT2D eigenvalue weighted by Crippen LogP contribution is 2.15. The van der Waals surface area contributed by atoms with E-state index in [0.29, 0.717) is 19.1 Å². The van der Waals surface area contributed by atoms with Crippen LogP contribution >= 0.6 is 24.0 Å². The van der Waals surface area contributed by atoms with Crippen LogP contribution in [0.1, 0.15) is 18.2 Å². The zero-order valence-corrected chi connectivity index (χ0v) is 16.0. The van der Waals surface area contributed by atoms with Crippen LogP contribution in [0.4, 0.5) is 0 Å². The van der Waals surface area contributed by atoms with Gasteiger partial charge < -0.3 is 15.8 Å². The Kier molecular flexibility index (Phi) is 8.04. The summed E-state index contributed by atoms with van der Waals surface area (Å²) >= 11 is 0. The van der Waals surface area contributed by atoms with E-state index in [4.69, 9.17) is 10.5 Å². The molecule has 1 unspecified atom stereocenters. The van der Waals surface area contributed by atoms with Gasteiger partial charge in [-0.1, -0.05) is 18.2 Å². The number of nitrogens with zero attached hydrogens (tertiary/aromatic N) is 3. The average molecular weight is 429 g/mol. The van der Waals surface area contributed by atoms with Gasteiger partial charge in [0, 0.05) is 19.3 Å². The van der Waals surface area contributed by atoms with Crippen LogP contribution in [-0.4, -0.2) is 35.5 Å². The topological polar surface area (TPSA) is 77.5 Å². The molecule has 0 aliphatic heterocycles. The van der Waals surface area contributed by atoms with Gasteiger partial charge in [-0.05, 0) is 31.5 Å². The van der Waals surface area contributed by atoms with Crippen LogP contribution in [0.3, 0.4) is 0 Å². The highest BCUT2D eigenvalue weighted by molar-refractivity contribution is 14.0. The molecule has 6 nitrogen and oxygen atoms in total. The first-order valence-electron chi connectivity index (χ1n) is 7.26. The van der Waals surface area contributed by atoms with Crippen molar-refractivity contribution in [3.05, 3.63) is 47.8 Å². The molecule has 0 fully saturated rings. The van der Waals surface area contributed by atoms with Crippen molar-refractivity contribution in [1.29, 1.82) is 0 Å². The molecule has 0 amide bonds. The van der Waals surface area contributed by atoms with E-state index >= 15 is 0 Å². The molecule has 126 valence electrons. The van der Waals surface area contributed by atoms with Gasteiger partial charge in [0.2, 0.25) is 0 Å². The zero-order valence-electron chi connectivity index (χ0n) is 13.7. The molecule has 2 rings (SSSR count). The fourth-order valence-electron chi connectivity index (χ4n) is 2.18. The monoisotopic (exact) mass is 429 g/mol. The van der Waals surface area contributed by atoms with E-state index in [0.717, 1.165) is 16.9 Å². The fourth-order valence-corrected chi connectivity index (χ4v) is 2.18. The molecule has 3 N–H and O–H groups in total. The third-order valence-corrected chi connectivity index (χ3v) is 3.19. The fraction of sp³-hybridized carbons (Fsp3) is 0.375. The van der Waals surface area contributed by atoms with Crippen molar-refractivity contribution >= 4 is 29.9 Å². The van der Waals surface area contributed by atoms with Gasteiger partial charge in [-0.15, -0.1) is 24.0 Å². The summed E-state index contributed by atoms with van der Waals surface area (Å²) in [5.41, 5.74) is 8.96. The van der Waals surface area contributed by atoms with Crippen LogP contribution < -0.4 is 11.1 Å². The summed E-state index contributed by atoms with van der Waals surface area (Å²) in [5.74, 6) is 0.413. The van der Waals surface area contributed by atoms with Gasteiger partial charge in [-0.25, -0.2) is 9.67 Å². The largest absolute Gasteiger partial charge is 0.383 e. The van der Waals surface area contributed by atoms with Gasteiger partial charge in [0.15, 0.2) is 5.96 Å². The maximum Gasteiger partial charge on any atom is 0.189 e. The molecule has 23 heavy (non-hydrogen) atoms. The Morgan fingerprint density at radius 3 is 2.78 bits per heavy atom. The van der Waals surface area contributed by atoms with Crippen LogP contribution in [0.15, 0.2) is 41.5 Å². The number of benzene rings is 1. The Labute approximate surface area is 154 Å². The predicted molar refractivity (Wildman–Crippen MR) is 104 cm³/mol. The first-order valence-corrected chi connectivity index (χ1v) is 7.26. The summed E-state index contributed by atoms with van der Waals surface area (Å²) in [6.45, 7) is 5.04. The van der Waals surface area contributed by atoms with E-state index in [9.17, 15) is 0 Å². The zero-order chi connectivity index (χ0) is 15.9. The van der Waals surface area contributed by atoms with Gasteiger partial charge in [-0.2, -0.15) is 5.10 Å². The molecule has 1 aromatic heterocycles. The molecule has 7 heteroatoms. The first kappa shape index (κ1) is 19.4. The van der Waals surface area contributed by atoms with Gasteiger partial charge in [0.1, 0.15) is 0 Å². The molecule has 1 aromatic carbocycles. The van der Waals surface area contributed by atoms with Crippen LogP contribution in [0.2, 0.25) is 0 Å². The van der Waals surface area contributed by atoms with Crippen molar-refractivity contribution < 1.29 is 4.74 Å². The molecular formula is C16H24IN5O. The number of para-hydroxylation sites is 1. The molecular weight excluding hydrogens is 405 g/mol. The molecule has 0 radical (unpaired) electrons. The van der Waals surface area contributed by atoms with Crippen molar-refractivity contribution in [2.45, 2.75) is 26.4 Å². The summed E-state index contributed by atoms with van der Waals surface area (Å²) in [6, 6.07) is 10.1. The lowest BCUT2D eigenvalue weighted by atomic mass is 10.2. The van der Waals surface area contributed by atoms with Crippen LogP contribution in [-0.2, 0) is 11.3 Å². The highest BCUT2D eigenvalue weighted by Gasteiger charge is 2.06. The van der Waals surface area contributed by atoms with Crippen molar-refractivity contribution in [3.63, 3.8) is 0 Å². The second kappa shape index (κ2) is 9.51. The first-order chi connectivity index (χ1) is 10.6. The maximum atomic E-state index is 5.91. The third-order valence-electron chi connectivity index (χ3n) is 3.19. The minimum absolute atomic E-state index is 0. The number of rotatable bonds is 6. The normalized spacial score (nSPS) is 12.6. The Balaban J connectivity index is 0.00000264. The van der Waals surface area contributed by atoms with E-state index < -0.39 is 0 Å². The number of ether oxygens (including phenoxy) is 1. The lowest BCUT2D eigenvalue weighted by Gasteiger charge is -2.13. The van der Waals surface area contributed by atoms with Crippen LogP contribution in [0.25, 0.3) is 5.69 Å². The molecule has 2 aromatic rings. The second-order valence-corrected chi connectivity index (χ2v) is 5.23. The highest BCUT2D eigenvalue weighted by atomic mass is 127. The number of halogens is 1. The summed E-state index contributed by atoms with van der Waals surface area (Å²) < 4.78 is 6.92. The van der Waals surface area contributed by atoms with Gasteiger partial charge in [0.25, 0.3) is 0 Å². The van der Waals surface area contributed by atoms with Gasteiger partial charge >= 0.3 is 0 Å². The minimum atomic E-state index is 0. The number of nitrogens with two attached hydrogens (primary N) is 1. The summed E-state index contributed by atoms with van der Waals surface area (Å²) in [6.07, 6.45) is 1.94. The van der Waals surface area contributed by atoms with E-state index in [1.807, 2.05) is 55.1 Å². The van der Waals surface area contributed by atoms with E-state index in [1.165, 1.54) is 0 Å². The van der Waals surface area contributed by atoms with Crippen molar-refractivity contribution in [2.24, 2.45) is 10.7 Å². The predicted octanol–water partition coefficient (Wildman–Crippen LogP) is 2.24. The molecule has 0 saturated carbocycles. The smallest absolute Gasteiger partial charge is 0.189 e. The molecule has 1 atom stereocenters. The van der Waals surface area contributed by atoms with Crippen LogP contribution in [0, 0.1) is 6.92 Å². The van der Waals surface area contributed by atoms with Gasteiger partial charge in [-0.3, -0.25) is 0 Å². The lowest BCUT2D eigenvalue weighted by Crippen LogP contribution is -2.40. The van der Waals surface area contributed by atoms with Crippen molar-refractivity contribution in [1.82, 2.24) is 15.1 Å². The Hall–Kier alpha value is -1.61. The second-order valence-electron chi connectivity index (χ2n) is 5.23. The molecule has 1 heterocycles. The third kappa shape index (κ3) is 5.83. The van der Waals surface area contributed by atoms with Crippen molar-refractivity contribution in [2.75, 3.05) is 13.7 Å². The average Bonchev–Trinajstić information content (AvgIpc) is 2.92. The summed E-state index contributed by atoms with van der Waals surface area (Å²) in [5, 5.41) is 7.54. The summed E-state index contributed by atoms with van der Waals surface area (Å²) in [7, 11) is 1.66. The number of methoxy groups -OCH3 is 1. The molecule has 0 spiro atoms. The number of hydrogen-bond donors (Lipinski definition) is 2. The molecule has 0 aliphatic rings. The van der Waals surface area contributed by atoms with Gasteiger partial charge in [0.05, 0.1) is 24.5 Å². The molecule has 0 saturated heterocycles. The Morgan fingerprint density at radius 2 is 2.13 bits per heavy atom. The number of hydrogen-bond acceptors (Lipinski definition) is 3. The number of aryl methyl sites for hydroxylation is 1. The lowest BCUT2D eigenvalue weighted by molar-refractivity contribution is 0.179. The van der Waals surface area contributed by atoms with Crippen LogP contribution in [0.5, 0.6) is 0 Å². The Morgan fingerprint density at radius 1 is 1.39 bits per heavy atom. The van der Waals surface area contributed by atoms with Crippen molar-refractivity contribution in [3.8, 4) is 5.69 Å². The van der Waals surface area contributed by atoms with E-state index in [-0.39, 0.29) is 30.0 Å². The standard InChI is InChI=1S/C16H23N5O.HI/c1-12-8-9-21(20-12)15-7-5-4-6-14(15)10-18-16(17)19-13(2)11-22-3;/h4-9,13H,10-11H2,1-3H3,(H3,17,18,19);1H. The molecule has 0 aliphatic carbocycles. The quantitative estimate of drug-likeness (QED) is 0.420. The Bertz CT molecular complexity index is 641. The SMILES string of the molecule is COCC(C)NC(N)=NCc1ccccc1-n1ccc(C)n1.I. The number of aromatic nitrogens is 2. The maximum absolute atomic E-state index is 5.91. The number of guanidine groups is 1. The number of nitrogens with one attached hydrogen (secondary N) is 1. The minimum Gasteiger partial charge on any atom is -0.383 e. The number of aliphatic imine (C=N–C) groups is 1. The summed E-state index contributed by atoms with van der Waals surface area (Å²) in [4.78, 5) is 4.40. The molecule has 0 bridgehead atoms. The van der Waals surface area contributed by atoms with E-state index in [1.54, 1.807) is 7.11 Å². The van der Waals surface area contributed by atoms with E-state index in [2.05, 4.69) is 15.4 Å².